The summed E-state index contributed by atoms with van der Waals surface area (Å²) >= 11 is 0. The molecular formula is C27H31N3O4S. The molecule has 1 aliphatic carbocycles. The van der Waals surface area contributed by atoms with Crippen molar-refractivity contribution in [2.45, 2.75) is 61.8 Å². The van der Waals surface area contributed by atoms with Gasteiger partial charge in [-0.15, -0.1) is 0 Å². The van der Waals surface area contributed by atoms with Gasteiger partial charge >= 0.3 is 0 Å². The molecule has 1 saturated carbocycles. The van der Waals surface area contributed by atoms with Crippen LogP contribution in [-0.4, -0.2) is 48.9 Å². The minimum atomic E-state index is -3.90. The van der Waals surface area contributed by atoms with Crippen molar-refractivity contribution in [1.29, 1.82) is 0 Å². The molecule has 0 unspecified atom stereocenters. The van der Waals surface area contributed by atoms with E-state index in [9.17, 15) is 18.0 Å². The second kappa shape index (κ2) is 9.66. The van der Waals surface area contributed by atoms with E-state index in [2.05, 4.69) is 5.32 Å². The van der Waals surface area contributed by atoms with Gasteiger partial charge in [0.1, 0.15) is 11.4 Å². The summed E-state index contributed by atoms with van der Waals surface area (Å²) in [7, 11) is -3.90. The summed E-state index contributed by atoms with van der Waals surface area (Å²) < 4.78 is 28.6. The van der Waals surface area contributed by atoms with Crippen LogP contribution >= 0.6 is 0 Å². The zero-order valence-corrected chi connectivity index (χ0v) is 20.6. The van der Waals surface area contributed by atoms with E-state index < -0.39 is 15.6 Å². The highest BCUT2D eigenvalue weighted by molar-refractivity contribution is 7.89. The van der Waals surface area contributed by atoms with E-state index in [-0.39, 0.29) is 41.7 Å². The Bertz CT molecular complexity index is 1240. The second-order valence-electron chi connectivity index (χ2n) is 9.80. The largest absolute Gasteiger partial charge is 0.312 e. The topological polar surface area (TPSA) is 95.9 Å². The zero-order valence-electron chi connectivity index (χ0n) is 19.8. The molecular weight excluding hydrogens is 462 g/mol. The fraction of sp³-hybridized carbons (Fsp3) is 0.444. The first kappa shape index (κ1) is 23.9. The molecule has 0 atom stereocenters. The molecule has 7 nitrogen and oxygen atoms in total. The third-order valence-electron chi connectivity index (χ3n) is 7.55. The van der Waals surface area contributed by atoms with Gasteiger partial charge in [-0.2, -0.15) is 4.31 Å². The Labute approximate surface area is 206 Å². The number of sulfonamides is 1. The Morgan fingerprint density at radius 2 is 1.63 bits per heavy atom. The summed E-state index contributed by atoms with van der Waals surface area (Å²) in [5.74, 6) is 0.758. The molecule has 1 amide bonds. The number of nitrogens with one attached hydrogen (secondary N) is 1. The lowest BCUT2D eigenvalue weighted by molar-refractivity contribution is -0.125. The van der Waals surface area contributed by atoms with Gasteiger partial charge in [-0.1, -0.05) is 67.8 Å². The van der Waals surface area contributed by atoms with Crippen molar-refractivity contribution in [1.82, 2.24) is 9.62 Å². The number of piperidine rings is 1. The van der Waals surface area contributed by atoms with Crippen molar-refractivity contribution >= 4 is 27.5 Å². The summed E-state index contributed by atoms with van der Waals surface area (Å²) in [6, 6.07) is 15.7. The molecule has 2 aromatic rings. The Morgan fingerprint density at radius 3 is 2.34 bits per heavy atom. The van der Waals surface area contributed by atoms with Crippen molar-refractivity contribution in [3.63, 3.8) is 0 Å². The van der Waals surface area contributed by atoms with Crippen molar-refractivity contribution in [3.05, 3.63) is 65.7 Å². The predicted molar refractivity (Wildman–Crippen MR) is 134 cm³/mol. The van der Waals surface area contributed by atoms with Gasteiger partial charge in [-0.3, -0.25) is 14.6 Å². The lowest BCUT2D eigenvalue weighted by Crippen LogP contribution is -2.50. The average molecular weight is 494 g/mol. The monoisotopic (exact) mass is 493 g/mol. The molecule has 0 bridgehead atoms. The first-order valence-corrected chi connectivity index (χ1v) is 13.9. The number of nitrogens with zero attached hydrogens (tertiary/aromatic N) is 2. The molecule has 0 aromatic heterocycles. The summed E-state index contributed by atoms with van der Waals surface area (Å²) in [6.07, 6.45) is 6.44. The minimum Gasteiger partial charge on any atom is -0.312 e. The Hall–Kier alpha value is -2.84. The number of carbonyl (C=O) groups is 2. The number of amidine groups is 1. The van der Waals surface area contributed by atoms with Crippen LogP contribution in [0.4, 0.5) is 0 Å². The van der Waals surface area contributed by atoms with Crippen molar-refractivity contribution in [2.75, 3.05) is 13.1 Å². The first-order valence-electron chi connectivity index (χ1n) is 12.5. The normalized spacial score (nSPS) is 21.0. The maximum atomic E-state index is 13.6. The molecule has 0 radical (unpaired) electrons. The van der Waals surface area contributed by atoms with Gasteiger partial charge < -0.3 is 5.32 Å². The van der Waals surface area contributed by atoms with E-state index in [1.165, 1.54) is 16.8 Å². The van der Waals surface area contributed by atoms with Gasteiger partial charge in [-0.05, 0) is 37.3 Å². The maximum absolute atomic E-state index is 13.6. The van der Waals surface area contributed by atoms with Gasteiger partial charge in [0.25, 0.3) is 5.91 Å². The number of rotatable bonds is 6. The quantitative estimate of drug-likeness (QED) is 0.620. The lowest BCUT2D eigenvalue weighted by Gasteiger charge is -2.35. The number of hydrogen-bond acceptors (Lipinski definition) is 5. The second-order valence-corrected chi connectivity index (χ2v) is 11.7. The number of hydrogen-bond donors (Lipinski definition) is 1. The van der Waals surface area contributed by atoms with Crippen LogP contribution < -0.4 is 5.32 Å². The van der Waals surface area contributed by atoms with E-state index in [0.717, 1.165) is 37.1 Å². The van der Waals surface area contributed by atoms with E-state index in [0.29, 0.717) is 18.8 Å². The van der Waals surface area contributed by atoms with E-state index in [4.69, 9.17) is 4.99 Å². The molecule has 8 heteroatoms. The average Bonchev–Trinajstić information content (AvgIpc) is 3.20. The molecule has 5 rings (SSSR count). The SMILES string of the molecule is O=C(Cc1ccccc1)c1ccccc1S(=O)(=O)N1CCC2(CC1)N=C(C1CCCCC1)NC2=O. The number of carbonyl (C=O) groups excluding carboxylic acids is 2. The third-order valence-corrected chi connectivity index (χ3v) is 9.51. The van der Waals surface area contributed by atoms with Crippen LogP contribution in [0.15, 0.2) is 64.5 Å². The summed E-state index contributed by atoms with van der Waals surface area (Å²) in [4.78, 5) is 30.8. The van der Waals surface area contributed by atoms with Gasteiger partial charge in [0.05, 0.1) is 4.90 Å². The maximum Gasteiger partial charge on any atom is 0.253 e. The molecule has 3 aliphatic rings. The van der Waals surface area contributed by atoms with Crippen LogP contribution in [0.1, 0.15) is 60.9 Å². The molecule has 2 aliphatic heterocycles. The van der Waals surface area contributed by atoms with E-state index in [1.807, 2.05) is 30.3 Å². The lowest BCUT2D eigenvalue weighted by atomic mass is 9.88. The molecule has 1 N–H and O–H groups in total. The van der Waals surface area contributed by atoms with Crippen LogP contribution in [0.25, 0.3) is 0 Å². The highest BCUT2D eigenvalue weighted by Gasteiger charge is 2.48. The van der Waals surface area contributed by atoms with Crippen molar-refractivity contribution in [3.8, 4) is 0 Å². The van der Waals surface area contributed by atoms with Gasteiger partial charge in [0.2, 0.25) is 10.0 Å². The smallest absolute Gasteiger partial charge is 0.253 e. The summed E-state index contributed by atoms with van der Waals surface area (Å²) in [5.41, 5.74) is 0.165. The number of amides is 1. The fourth-order valence-corrected chi connectivity index (χ4v) is 7.14. The molecule has 2 aromatic carbocycles. The Kier molecular flexibility index (Phi) is 6.59. The fourth-order valence-electron chi connectivity index (χ4n) is 5.48. The predicted octanol–water partition coefficient (Wildman–Crippen LogP) is 3.74. The number of ketones is 1. The van der Waals surface area contributed by atoms with Gasteiger partial charge in [0, 0.05) is 31.0 Å². The molecule has 1 spiro atoms. The summed E-state index contributed by atoms with van der Waals surface area (Å²) in [6.45, 7) is 0.386. The van der Waals surface area contributed by atoms with Gasteiger partial charge in [0.15, 0.2) is 5.78 Å². The van der Waals surface area contributed by atoms with Crippen LogP contribution in [0.2, 0.25) is 0 Å². The minimum absolute atomic E-state index is 0.0270. The Balaban J connectivity index is 1.33. The third kappa shape index (κ3) is 4.69. The van der Waals surface area contributed by atoms with Crippen LogP contribution in [0.3, 0.4) is 0 Å². The first-order chi connectivity index (χ1) is 16.9. The highest BCUT2D eigenvalue weighted by atomic mass is 32.2. The summed E-state index contributed by atoms with van der Waals surface area (Å²) in [5, 5.41) is 3.02. The van der Waals surface area contributed by atoms with Crippen LogP contribution in [0.5, 0.6) is 0 Å². The van der Waals surface area contributed by atoms with Crippen molar-refractivity contribution in [2.24, 2.45) is 10.9 Å². The van der Waals surface area contributed by atoms with Crippen LogP contribution in [-0.2, 0) is 21.2 Å². The molecule has 2 heterocycles. The van der Waals surface area contributed by atoms with E-state index >= 15 is 0 Å². The molecule has 1 saturated heterocycles. The highest BCUT2D eigenvalue weighted by Crippen LogP contribution is 2.36. The molecule has 184 valence electrons. The molecule has 35 heavy (non-hydrogen) atoms. The van der Waals surface area contributed by atoms with Crippen LogP contribution in [0, 0.1) is 5.92 Å². The zero-order chi connectivity index (χ0) is 24.5. The van der Waals surface area contributed by atoms with Crippen molar-refractivity contribution < 1.29 is 18.0 Å². The standard InChI is InChI=1S/C27H31N3O4S/c31-23(19-20-9-3-1-4-10-20)22-13-7-8-14-24(22)35(33,34)30-17-15-27(16-18-30)26(32)28-25(29-27)21-11-5-2-6-12-21/h1,3-4,7-10,13-14,21H,2,5-6,11-12,15-19H2,(H,28,29,32). The van der Waals surface area contributed by atoms with E-state index in [1.54, 1.807) is 18.2 Å². The number of aliphatic imine (C=N–C) groups is 1. The Morgan fingerprint density at radius 1 is 0.971 bits per heavy atom. The molecule has 2 fully saturated rings. The number of benzene rings is 2. The van der Waals surface area contributed by atoms with Gasteiger partial charge in [-0.25, -0.2) is 8.42 Å². The number of Topliss-reactive ketones (excluding diaryl/α,β-unsaturated/α-hetero) is 1.